The second kappa shape index (κ2) is 10.7. The summed E-state index contributed by atoms with van der Waals surface area (Å²) in [5, 5.41) is 5.51. The quantitative estimate of drug-likeness (QED) is 0.267. The number of fused-ring (bicyclic) bond motifs is 1. The van der Waals surface area contributed by atoms with E-state index < -0.39 is 0 Å². The summed E-state index contributed by atoms with van der Waals surface area (Å²) < 4.78 is 0. The number of para-hydroxylation sites is 1. The van der Waals surface area contributed by atoms with Crippen molar-refractivity contribution in [2.24, 2.45) is 5.10 Å². The Labute approximate surface area is 188 Å². The summed E-state index contributed by atoms with van der Waals surface area (Å²) in [6.45, 7) is 0. The summed E-state index contributed by atoms with van der Waals surface area (Å²) >= 11 is 0. The number of benzene rings is 3. The number of nitrogens with zero attached hydrogens (tertiary/aromatic N) is 1. The SMILES string of the molecule is O=C(CCc1c[nH]c2ccccc12)NN=C(/C=C/c1ccccc1)/C=C/c1ccccc1. The average Bonchev–Trinajstić information content (AvgIpc) is 3.26. The van der Waals surface area contributed by atoms with E-state index in [1.54, 1.807) is 0 Å². The van der Waals surface area contributed by atoms with Gasteiger partial charge in [0.25, 0.3) is 0 Å². The first-order chi connectivity index (χ1) is 15.8. The summed E-state index contributed by atoms with van der Waals surface area (Å²) in [5.41, 5.74) is 7.72. The van der Waals surface area contributed by atoms with E-state index in [9.17, 15) is 4.79 Å². The van der Waals surface area contributed by atoms with E-state index in [-0.39, 0.29) is 5.91 Å². The number of carbonyl (C=O) groups is 1. The zero-order chi connectivity index (χ0) is 22.0. The lowest BCUT2D eigenvalue weighted by Gasteiger charge is -2.02. The molecule has 3 aromatic carbocycles. The van der Waals surface area contributed by atoms with Gasteiger partial charge in [0.1, 0.15) is 0 Å². The highest BCUT2D eigenvalue weighted by molar-refractivity contribution is 6.08. The molecular formula is C28H25N3O. The van der Waals surface area contributed by atoms with E-state index in [1.165, 1.54) is 0 Å². The Morgan fingerprint density at radius 3 is 2.06 bits per heavy atom. The van der Waals surface area contributed by atoms with Crippen LogP contribution >= 0.6 is 0 Å². The van der Waals surface area contributed by atoms with Crippen LogP contribution in [0, 0.1) is 0 Å². The Morgan fingerprint density at radius 1 is 0.812 bits per heavy atom. The summed E-state index contributed by atoms with van der Waals surface area (Å²) in [4.78, 5) is 15.7. The molecule has 1 aromatic heterocycles. The molecule has 0 unspecified atom stereocenters. The van der Waals surface area contributed by atoms with Crippen LogP contribution in [0.1, 0.15) is 23.1 Å². The maximum atomic E-state index is 12.5. The molecule has 0 radical (unpaired) electrons. The van der Waals surface area contributed by atoms with E-state index in [0.29, 0.717) is 18.6 Å². The van der Waals surface area contributed by atoms with Gasteiger partial charge in [-0.25, -0.2) is 5.43 Å². The van der Waals surface area contributed by atoms with Crippen LogP contribution in [-0.4, -0.2) is 16.6 Å². The zero-order valence-corrected chi connectivity index (χ0v) is 17.7. The van der Waals surface area contributed by atoms with Crippen molar-refractivity contribution in [2.45, 2.75) is 12.8 Å². The van der Waals surface area contributed by atoms with Gasteiger partial charge >= 0.3 is 0 Å². The molecule has 2 N–H and O–H groups in total. The highest BCUT2D eigenvalue weighted by Crippen LogP contribution is 2.18. The molecule has 1 amide bonds. The minimum Gasteiger partial charge on any atom is -0.361 e. The van der Waals surface area contributed by atoms with E-state index in [2.05, 4.69) is 21.6 Å². The topological polar surface area (TPSA) is 57.2 Å². The first kappa shape index (κ1) is 21.1. The van der Waals surface area contributed by atoms with Crippen molar-refractivity contribution in [1.82, 2.24) is 10.4 Å². The molecule has 1 heterocycles. The molecule has 0 spiro atoms. The van der Waals surface area contributed by atoms with Crippen LogP contribution in [0.25, 0.3) is 23.1 Å². The first-order valence-corrected chi connectivity index (χ1v) is 10.7. The normalized spacial score (nSPS) is 11.2. The number of aryl methyl sites for hydroxylation is 1. The maximum Gasteiger partial charge on any atom is 0.240 e. The van der Waals surface area contributed by atoms with Gasteiger partial charge in [-0.05, 0) is 41.3 Å². The fourth-order valence-electron chi connectivity index (χ4n) is 3.39. The van der Waals surface area contributed by atoms with Gasteiger partial charge < -0.3 is 4.98 Å². The lowest BCUT2D eigenvalue weighted by molar-refractivity contribution is -0.121. The average molecular weight is 420 g/mol. The largest absolute Gasteiger partial charge is 0.361 e. The summed E-state index contributed by atoms with van der Waals surface area (Å²) in [6.07, 6.45) is 10.7. The second-order valence-corrected chi connectivity index (χ2v) is 7.42. The van der Waals surface area contributed by atoms with E-state index in [0.717, 1.165) is 27.6 Å². The molecule has 32 heavy (non-hydrogen) atoms. The molecule has 158 valence electrons. The van der Waals surface area contributed by atoms with Crippen molar-refractivity contribution < 1.29 is 4.79 Å². The third kappa shape index (κ3) is 5.92. The number of nitrogens with one attached hydrogen (secondary N) is 2. The van der Waals surface area contributed by atoms with Crippen molar-refractivity contribution in [3.8, 4) is 0 Å². The fraction of sp³-hybridized carbons (Fsp3) is 0.0714. The van der Waals surface area contributed by atoms with Crippen molar-refractivity contribution in [3.05, 3.63) is 120 Å². The highest BCUT2D eigenvalue weighted by Gasteiger charge is 2.06. The smallest absolute Gasteiger partial charge is 0.240 e. The predicted octanol–water partition coefficient (Wildman–Crippen LogP) is 6.00. The maximum absolute atomic E-state index is 12.5. The molecule has 0 atom stereocenters. The van der Waals surface area contributed by atoms with Gasteiger partial charge in [-0.15, -0.1) is 0 Å². The lowest BCUT2D eigenvalue weighted by Crippen LogP contribution is -2.19. The fourth-order valence-corrected chi connectivity index (χ4v) is 3.39. The standard InChI is InChI=1S/C28H25N3O/c32-28(20-17-24-21-29-27-14-8-7-13-26(24)27)31-30-25(18-15-22-9-3-1-4-10-22)19-16-23-11-5-2-6-12-23/h1-16,18-19,21,29H,17,20H2,(H,31,32)/b18-15+,19-16+. The van der Waals surface area contributed by atoms with Gasteiger partial charge in [0, 0.05) is 23.5 Å². The number of carbonyl (C=O) groups excluding carboxylic acids is 1. The van der Waals surface area contributed by atoms with E-state index in [1.807, 2.05) is 109 Å². The molecule has 0 bridgehead atoms. The number of allylic oxidation sites excluding steroid dienone is 2. The van der Waals surface area contributed by atoms with Gasteiger partial charge in [-0.2, -0.15) is 5.10 Å². The van der Waals surface area contributed by atoms with Gasteiger partial charge in [-0.1, -0.05) is 91.0 Å². The van der Waals surface area contributed by atoms with Gasteiger partial charge in [0.05, 0.1) is 5.71 Å². The number of hydrogen-bond donors (Lipinski definition) is 2. The molecule has 0 aliphatic rings. The minimum absolute atomic E-state index is 0.117. The van der Waals surface area contributed by atoms with Crippen LogP contribution in [-0.2, 0) is 11.2 Å². The minimum atomic E-state index is -0.117. The Morgan fingerprint density at radius 2 is 1.41 bits per heavy atom. The molecular weight excluding hydrogens is 394 g/mol. The van der Waals surface area contributed by atoms with Crippen molar-refractivity contribution in [2.75, 3.05) is 0 Å². The van der Waals surface area contributed by atoms with Gasteiger partial charge in [0.15, 0.2) is 0 Å². The number of hydrazone groups is 1. The van der Waals surface area contributed by atoms with Crippen LogP contribution < -0.4 is 5.43 Å². The molecule has 0 aliphatic carbocycles. The molecule has 0 saturated heterocycles. The van der Waals surface area contributed by atoms with Gasteiger partial charge in [0.2, 0.25) is 5.91 Å². The Kier molecular flexibility index (Phi) is 7.06. The van der Waals surface area contributed by atoms with Crippen molar-refractivity contribution >= 4 is 34.7 Å². The second-order valence-electron chi connectivity index (χ2n) is 7.42. The number of hydrogen-bond acceptors (Lipinski definition) is 2. The van der Waals surface area contributed by atoms with Crippen LogP contribution in [0.5, 0.6) is 0 Å². The number of rotatable bonds is 8. The number of aromatic amines is 1. The Hall–Kier alpha value is -4.18. The van der Waals surface area contributed by atoms with Crippen LogP contribution in [0.2, 0.25) is 0 Å². The van der Waals surface area contributed by atoms with Gasteiger partial charge in [-0.3, -0.25) is 4.79 Å². The van der Waals surface area contributed by atoms with E-state index >= 15 is 0 Å². The molecule has 4 nitrogen and oxygen atoms in total. The van der Waals surface area contributed by atoms with Crippen LogP contribution in [0.15, 0.2) is 108 Å². The predicted molar refractivity (Wildman–Crippen MR) is 133 cm³/mol. The third-order valence-corrected chi connectivity index (χ3v) is 5.10. The Balaban J connectivity index is 1.43. The molecule has 4 heteroatoms. The third-order valence-electron chi connectivity index (χ3n) is 5.10. The number of aromatic nitrogens is 1. The lowest BCUT2D eigenvalue weighted by atomic mass is 10.1. The van der Waals surface area contributed by atoms with Crippen LogP contribution in [0.4, 0.5) is 0 Å². The molecule has 4 aromatic rings. The van der Waals surface area contributed by atoms with Crippen molar-refractivity contribution in [3.63, 3.8) is 0 Å². The number of H-pyrrole nitrogens is 1. The van der Waals surface area contributed by atoms with E-state index in [4.69, 9.17) is 0 Å². The molecule has 0 fully saturated rings. The summed E-state index contributed by atoms with van der Waals surface area (Å²) in [6, 6.07) is 28.1. The van der Waals surface area contributed by atoms with Crippen molar-refractivity contribution in [1.29, 1.82) is 0 Å². The summed E-state index contributed by atoms with van der Waals surface area (Å²) in [5.74, 6) is -0.117. The molecule has 0 saturated carbocycles. The Bertz CT molecular complexity index is 1200. The first-order valence-electron chi connectivity index (χ1n) is 10.7. The highest BCUT2D eigenvalue weighted by atomic mass is 16.2. The van der Waals surface area contributed by atoms with Crippen LogP contribution in [0.3, 0.4) is 0 Å². The number of amides is 1. The summed E-state index contributed by atoms with van der Waals surface area (Å²) in [7, 11) is 0. The molecule has 0 aliphatic heterocycles. The monoisotopic (exact) mass is 419 g/mol. The molecule has 4 rings (SSSR count). The zero-order valence-electron chi connectivity index (χ0n) is 17.7.